The van der Waals surface area contributed by atoms with Crippen LogP contribution in [0.5, 0.6) is 5.88 Å². The van der Waals surface area contributed by atoms with Crippen molar-refractivity contribution in [1.82, 2.24) is 10.2 Å². The second-order valence-corrected chi connectivity index (χ2v) is 4.39. The Morgan fingerprint density at radius 1 is 1.33 bits per heavy atom. The summed E-state index contributed by atoms with van der Waals surface area (Å²) in [5, 5.41) is 7.94. The molecule has 4 nitrogen and oxygen atoms in total. The Hall–Kier alpha value is -1.62. The van der Waals surface area contributed by atoms with Gasteiger partial charge >= 0.3 is 0 Å². The van der Waals surface area contributed by atoms with Gasteiger partial charge in [-0.3, -0.25) is 0 Å². The van der Waals surface area contributed by atoms with Gasteiger partial charge in [-0.1, -0.05) is 0 Å². The molecule has 0 bridgehead atoms. The maximum Gasteiger partial charge on any atom is 0.256 e. The molecular formula is C10H11N3OS. The number of rotatable bonds is 2. The Kier molecular flexibility index (Phi) is 2.55. The van der Waals surface area contributed by atoms with Crippen LogP contribution < -0.4 is 10.5 Å². The van der Waals surface area contributed by atoms with Crippen LogP contribution in [-0.4, -0.2) is 17.3 Å². The molecule has 0 spiro atoms. The van der Waals surface area contributed by atoms with Gasteiger partial charge in [-0.05, 0) is 25.1 Å². The molecule has 78 valence electrons. The lowest BCUT2D eigenvalue weighted by Gasteiger charge is -2.02. The highest BCUT2D eigenvalue weighted by molar-refractivity contribution is 7.15. The summed E-state index contributed by atoms with van der Waals surface area (Å²) in [4.78, 5) is 2.30. The van der Waals surface area contributed by atoms with Crippen LogP contribution in [0.15, 0.2) is 18.2 Å². The van der Waals surface area contributed by atoms with Crippen molar-refractivity contribution in [2.75, 3.05) is 12.8 Å². The van der Waals surface area contributed by atoms with Crippen LogP contribution in [0, 0.1) is 6.92 Å². The average molecular weight is 221 g/mol. The highest BCUT2D eigenvalue weighted by atomic mass is 32.1. The zero-order valence-corrected chi connectivity index (χ0v) is 9.34. The Morgan fingerprint density at radius 2 is 2.13 bits per heavy atom. The first-order chi connectivity index (χ1) is 7.20. The van der Waals surface area contributed by atoms with Gasteiger partial charge in [-0.15, -0.1) is 21.5 Å². The molecule has 2 N–H and O–H groups in total. The van der Waals surface area contributed by atoms with Crippen molar-refractivity contribution in [3.05, 3.63) is 23.1 Å². The average Bonchev–Trinajstić information content (AvgIpc) is 2.65. The van der Waals surface area contributed by atoms with Crippen LogP contribution >= 0.6 is 11.3 Å². The predicted octanol–water partition coefficient (Wildman–Crippen LogP) is 2.10. The van der Waals surface area contributed by atoms with Crippen molar-refractivity contribution < 1.29 is 4.74 Å². The van der Waals surface area contributed by atoms with Crippen molar-refractivity contribution in [1.29, 1.82) is 0 Å². The number of nitrogens with zero attached hydrogens (tertiary/aromatic N) is 2. The molecule has 0 radical (unpaired) electrons. The fourth-order valence-corrected chi connectivity index (χ4v) is 2.07. The molecule has 5 heteroatoms. The van der Waals surface area contributed by atoms with Crippen LogP contribution in [0.4, 0.5) is 5.69 Å². The second-order valence-electron chi connectivity index (χ2n) is 3.10. The number of nitrogens with two attached hydrogens (primary N) is 1. The molecule has 2 aromatic rings. The molecule has 0 atom stereocenters. The zero-order chi connectivity index (χ0) is 10.8. The molecule has 2 rings (SSSR count). The number of ether oxygens (including phenoxy) is 1. The molecule has 2 heterocycles. The quantitative estimate of drug-likeness (QED) is 0.843. The van der Waals surface area contributed by atoms with Gasteiger partial charge in [0, 0.05) is 4.88 Å². The minimum Gasteiger partial charge on any atom is -0.478 e. The lowest BCUT2D eigenvalue weighted by molar-refractivity contribution is 0.394. The summed E-state index contributed by atoms with van der Waals surface area (Å²) in [6.45, 7) is 2.05. The van der Waals surface area contributed by atoms with Crippen LogP contribution in [0.1, 0.15) is 4.88 Å². The highest BCUT2D eigenvalue weighted by Gasteiger charge is 2.07. The molecule has 0 aliphatic rings. The van der Waals surface area contributed by atoms with Gasteiger partial charge in [0.05, 0.1) is 17.7 Å². The summed E-state index contributed by atoms with van der Waals surface area (Å²) in [5.74, 6) is 0.368. The van der Waals surface area contributed by atoms with Crippen LogP contribution in [-0.2, 0) is 0 Å². The normalized spacial score (nSPS) is 10.3. The van der Waals surface area contributed by atoms with Crippen LogP contribution in [0.25, 0.3) is 10.6 Å². The minimum absolute atomic E-state index is 0.368. The van der Waals surface area contributed by atoms with Gasteiger partial charge < -0.3 is 10.5 Å². The highest BCUT2D eigenvalue weighted by Crippen LogP contribution is 2.28. The maximum atomic E-state index is 5.75. The third-order valence-corrected chi connectivity index (χ3v) is 3.00. The van der Waals surface area contributed by atoms with Gasteiger partial charge in [-0.2, -0.15) is 0 Å². The fraction of sp³-hybridized carbons (Fsp3) is 0.200. The lowest BCUT2D eigenvalue weighted by Crippen LogP contribution is -1.98. The number of hydrogen-bond donors (Lipinski definition) is 1. The molecule has 15 heavy (non-hydrogen) atoms. The first-order valence-corrected chi connectivity index (χ1v) is 5.26. The number of anilines is 1. The molecule has 2 aromatic heterocycles. The van der Waals surface area contributed by atoms with Gasteiger partial charge in [-0.25, -0.2) is 0 Å². The molecule has 0 saturated carbocycles. The fourth-order valence-electron chi connectivity index (χ4n) is 1.25. The summed E-state index contributed by atoms with van der Waals surface area (Å²) in [6.07, 6.45) is 0. The molecule has 0 aliphatic heterocycles. The maximum absolute atomic E-state index is 5.75. The smallest absolute Gasteiger partial charge is 0.256 e. The van der Waals surface area contributed by atoms with Crippen molar-refractivity contribution in [3.8, 4) is 16.5 Å². The van der Waals surface area contributed by atoms with E-state index in [2.05, 4.69) is 17.1 Å². The van der Waals surface area contributed by atoms with E-state index < -0.39 is 0 Å². The van der Waals surface area contributed by atoms with Crippen molar-refractivity contribution >= 4 is 17.0 Å². The summed E-state index contributed by atoms with van der Waals surface area (Å²) in [7, 11) is 1.52. The van der Waals surface area contributed by atoms with Crippen molar-refractivity contribution in [2.45, 2.75) is 6.92 Å². The van der Waals surface area contributed by atoms with E-state index in [1.54, 1.807) is 17.4 Å². The number of nitrogen functional groups attached to an aromatic ring is 1. The van der Waals surface area contributed by atoms with E-state index >= 15 is 0 Å². The Morgan fingerprint density at radius 3 is 2.67 bits per heavy atom. The SMILES string of the molecule is COc1nnc(-c2ccc(C)s2)cc1N. The monoisotopic (exact) mass is 221 g/mol. The van der Waals surface area contributed by atoms with Crippen LogP contribution in [0.3, 0.4) is 0 Å². The lowest BCUT2D eigenvalue weighted by atomic mass is 10.3. The van der Waals surface area contributed by atoms with Gasteiger partial charge in [0.25, 0.3) is 5.88 Å². The van der Waals surface area contributed by atoms with E-state index in [0.717, 1.165) is 10.6 Å². The predicted molar refractivity (Wildman–Crippen MR) is 61.0 cm³/mol. The van der Waals surface area contributed by atoms with Crippen molar-refractivity contribution in [2.24, 2.45) is 0 Å². The topological polar surface area (TPSA) is 61.0 Å². The largest absolute Gasteiger partial charge is 0.478 e. The summed E-state index contributed by atoms with van der Waals surface area (Å²) < 4.78 is 4.95. The Labute approximate surface area is 91.7 Å². The van der Waals surface area contributed by atoms with E-state index in [1.165, 1.54) is 12.0 Å². The number of hydrogen-bond acceptors (Lipinski definition) is 5. The van der Waals surface area contributed by atoms with E-state index in [9.17, 15) is 0 Å². The minimum atomic E-state index is 0.368. The zero-order valence-electron chi connectivity index (χ0n) is 8.52. The molecule has 0 aliphatic carbocycles. The van der Waals surface area contributed by atoms with E-state index in [1.807, 2.05) is 12.1 Å². The molecule has 0 unspecified atom stereocenters. The third-order valence-electron chi connectivity index (χ3n) is 1.97. The summed E-state index contributed by atoms with van der Waals surface area (Å²) in [6, 6.07) is 5.83. The molecule has 0 saturated heterocycles. The number of methoxy groups -OCH3 is 1. The summed E-state index contributed by atoms with van der Waals surface area (Å²) >= 11 is 1.66. The second kappa shape index (κ2) is 3.86. The van der Waals surface area contributed by atoms with Crippen LogP contribution in [0.2, 0.25) is 0 Å². The first kappa shape index (κ1) is 9.92. The van der Waals surface area contributed by atoms with E-state index in [0.29, 0.717) is 11.6 Å². The Bertz CT molecular complexity index is 481. The molecule has 0 aromatic carbocycles. The third kappa shape index (κ3) is 1.92. The van der Waals surface area contributed by atoms with Gasteiger partial charge in [0.1, 0.15) is 5.69 Å². The Balaban J connectivity index is 2.42. The van der Waals surface area contributed by atoms with Crippen molar-refractivity contribution in [3.63, 3.8) is 0 Å². The molecular weight excluding hydrogens is 210 g/mol. The number of thiophene rings is 1. The standard InChI is InChI=1S/C10H11N3OS/c1-6-3-4-9(15-6)8-5-7(11)10(14-2)13-12-8/h3-5H,1-2H3,(H2,11,12). The number of aryl methyl sites for hydroxylation is 1. The van der Waals surface area contributed by atoms with E-state index in [4.69, 9.17) is 10.5 Å². The molecule has 0 amide bonds. The first-order valence-electron chi connectivity index (χ1n) is 4.44. The van der Waals surface area contributed by atoms with Gasteiger partial charge in [0.15, 0.2) is 0 Å². The number of aromatic nitrogens is 2. The summed E-state index contributed by atoms with van der Waals surface area (Å²) in [5.41, 5.74) is 7.04. The molecule has 0 fully saturated rings. The van der Waals surface area contributed by atoms with Gasteiger partial charge in [0.2, 0.25) is 0 Å². The van der Waals surface area contributed by atoms with E-state index in [-0.39, 0.29) is 0 Å².